The molecule has 0 radical (unpaired) electrons. The third-order valence-corrected chi connectivity index (χ3v) is 7.22. The first-order valence-electron chi connectivity index (χ1n) is 12.4. The molecule has 0 saturated heterocycles. The van der Waals surface area contributed by atoms with E-state index in [1.807, 2.05) is 13.8 Å². The van der Waals surface area contributed by atoms with E-state index in [0.717, 1.165) is 23.9 Å². The predicted molar refractivity (Wildman–Crippen MR) is 144 cm³/mol. The zero-order valence-electron chi connectivity index (χ0n) is 21.1. The molecule has 1 aromatic heterocycles. The Bertz CT molecular complexity index is 1240. The quantitative estimate of drug-likeness (QED) is 0.307. The molecule has 5 rings (SSSR count). The summed E-state index contributed by atoms with van der Waals surface area (Å²) in [5.41, 5.74) is 13.1. The van der Waals surface area contributed by atoms with Crippen LogP contribution in [0.15, 0.2) is 48.5 Å². The Morgan fingerprint density at radius 2 is 1.18 bits per heavy atom. The largest absolute Gasteiger partial charge is 0.172 e. The minimum atomic E-state index is 0.157. The second-order valence-electron chi connectivity index (χ2n) is 10.1. The van der Waals surface area contributed by atoms with Gasteiger partial charge in [0.2, 0.25) is 0 Å². The number of rotatable bonds is 3. The summed E-state index contributed by atoms with van der Waals surface area (Å²) in [7, 11) is 0. The molecule has 33 heavy (non-hydrogen) atoms. The SMILES string of the molecule is CC.CC(C)c1ccc(-c2c3c(c(-c4ccc(C(C)(C)C)cc4)c4nsnc24)CCC3)cc1. The number of hydrogen-bond donors (Lipinski definition) is 0. The first kappa shape index (κ1) is 23.6. The Morgan fingerprint density at radius 1 is 0.727 bits per heavy atom. The van der Waals surface area contributed by atoms with Crippen LogP contribution in [-0.4, -0.2) is 8.75 Å². The molecule has 0 unspecified atom stereocenters. The van der Waals surface area contributed by atoms with Crippen LogP contribution >= 0.6 is 11.7 Å². The Balaban J connectivity index is 0.00000126. The van der Waals surface area contributed by atoms with Gasteiger partial charge >= 0.3 is 0 Å². The van der Waals surface area contributed by atoms with Crippen LogP contribution in [0.2, 0.25) is 0 Å². The topological polar surface area (TPSA) is 25.8 Å². The van der Waals surface area contributed by atoms with Crippen LogP contribution in [0.3, 0.4) is 0 Å². The van der Waals surface area contributed by atoms with Gasteiger partial charge in [0.15, 0.2) is 0 Å². The van der Waals surface area contributed by atoms with Crippen LogP contribution in [-0.2, 0) is 18.3 Å². The molecule has 0 atom stereocenters. The van der Waals surface area contributed by atoms with E-state index in [1.54, 1.807) is 0 Å². The van der Waals surface area contributed by atoms with Crippen LogP contribution in [0.4, 0.5) is 0 Å². The number of nitrogens with zero attached hydrogens (tertiary/aromatic N) is 2. The fourth-order valence-corrected chi connectivity index (χ4v) is 5.45. The highest BCUT2D eigenvalue weighted by Gasteiger charge is 2.27. The number of hydrogen-bond acceptors (Lipinski definition) is 3. The molecule has 0 N–H and O–H groups in total. The maximum absolute atomic E-state index is 4.81. The highest BCUT2D eigenvalue weighted by Crippen LogP contribution is 2.45. The van der Waals surface area contributed by atoms with Crippen molar-refractivity contribution in [2.24, 2.45) is 0 Å². The normalized spacial score (nSPS) is 13.2. The zero-order chi connectivity index (χ0) is 23.8. The van der Waals surface area contributed by atoms with Gasteiger partial charge in [0, 0.05) is 11.1 Å². The van der Waals surface area contributed by atoms with Crippen molar-refractivity contribution >= 4 is 22.8 Å². The lowest BCUT2D eigenvalue weighted by Crippen LogP contribution is -2.10. The fourth-order valence-electron chi connectivity index (χ4n) is 4.89. The Labute approximate surface area is 203 Å². The van der Waals surface area contributed by atoms with Gasteiger partial charge in [-0.05, 0) is 64.0 Å². The summed E-state index contributed by atoms with van der Waals surface area (Å²) < 4.78 is 9.61. The standard InChI is InChI=1S/C28H30N2S.C2H6/c1-17(2)18-9-11-19(12-10-18)24-22-7-6-8-23(22)25(27-26(24)29-31-30-27)20-13-15-21(16-14-20)28(3,4)5;1-2/h9-17H,6-8H2,1-5H3;1-2H3. The van der Waals surface area contributed by atoms with Gasteiger partial charge in [0.1, 0.15) is 11.0 Å². The van der Waals surface area contributed by atoms with E-state index in [1.165, 1.54) is 62.7 Å². The summed E-state index contributed by atoms with van der Waals surface area (Å²) in [6.07, 6.45) is 3.45. The van der Waals surface area contributed by atoms with Gasteiger partial charge in [-0.25, -0.2) is 0 Å². The monoisotopic (exact) mass is 456 g/mol. The predicted octanol–water partition coefficient (Wildman–Crippen LogP) is 8.96. The second-order valence-corrected chi connectivity index (χ2v) is 10.7. The van der Waals surface area contributed by atoms with Gasteiger partial charge in [-0.3, -0.25) is 0 Å². The van der Waals surface area contributed by atoms with E-state index in [9.17, 15) is 0 Å². The fraction of sp³-hybridized carbons (Fsp3) is 0.400. The van der Waals surface area contributed by atoms with Crippen LogP contribution < -0.4 is 0 Å². The average molecular weight is 457 g/mol. The first-order valence-corrected chi connectivity index (χ1v) is 13.1. The van der Waals surface area contributed by atoms with Crippen molar-refractivity contribution in [1.29, 1.82) is 0 Å². The van der Waals surface area contributed by atoms with Crippen LogP contribution in [0.25, 0.3) is 33.3 Å². The van der Waals surface area contributed by atoms with E-state index < -0.39 is 0 Å². The van der Waals surface area contributed by atoms with Crippen molar-refractivity contribution in [3.8, 4) is 22.3 Å². The van der Waals surface area contributed by atoms with Crippen molar-refractivity contribution < 1.29 is 0 Å². The van der Waals surface area contributed by atoms with Gasteiger partial charge in [-0.15, -0.1) is 0 Å². The maximum Gasteiger partial charge on any atom is 0.113 e. The summed E-state index contributed by atoms with van der Waals surface area (Å²) in [5, 5.41) is 0. The van der Waals surface area contributed by atoms with Crippen molar-refractivity contribution in [1.82, 2.24) is 8.75 Å². The molecule has 0 amide bonds. The smallest absolute Gasteiger partial charge is 0.113 e. The molecule has 0 saturated carbocycles. The number of aromatic nitrogens is 2. The van der Waals surface area contributed by atoms with E-state index in [0.29, 0.717) is 5.92 Å². The third-order valence-electron chi connectivity index (χ3n) is 6.69. The molecule has 3 aromatic carbocycles. The van der Waals surface area contributed by atoms with Crippen LogP contribution in [0, 0.1) is 0 Å². The molecular weight excluding hydrogens is 420 g/mol. The summed E-state index contributed by atoms with van der Waals surface area (Å²) in [6, 6.07) is 18.2. The summed E-state index contributed by atoms with van der Waals surface area (Å²) >= 11 is 1.34. The van der Waals surface area contributed by atoms with Gasteiger partial charge in [0.05, 0.1) is 11.7 Å². The third kappa shape index (κ3) is 4.36. The Morgan fingerprint density at radius 3 is 1.61 bits per heavy atom. The minimum Gasteiger partial charge on any atom is -0.172 e. The summed E-state index contributed by atoms with van der Waals surface area (Å²) in [5.74, 6) is 0.541. The molecule has 1 aliphatic rings. The minimum absolute atomic E-state index is 0.157. The second kappa shape index (κ2) is 9.38. The van der Waals surface area contributed by atoms with Crippen molar-refractivity contribution in [2.75, 3.05) is 0 Å². The molecule has 3 heteroatoms. The van der Waals surface area contributed by atoms with E-state index in [2.05, 4.69) is 83.1 Å². The summed E-state index contributed by atoms with van der Waals surface area (Å²) in [4.78, 5) is 0. The van der Waals surface area contributed by atoms with E-state index in [4.69, 9.17) is 8.75 Å². The average Bonchev–Trinajstić information content (AvgIpc) is 3.48. The molecule has 0 bridgehead atoms. The summed E-state index contributed by atoms with van der Waals surface area (Å²) in [6.45, 7) is 15.3. The Hall–Kier alpha value is -2.52. The molecule has 0 fully saturated rings. The maximum atomic E-state index is 4.81. The molecule has 1 heterocycles. The molecule has 172 valence electrons. The molecule has 0 spiro atoms. The lowest BCUT2D eigenvalue weighted by Gasteiger charge is -2.20. The molecule has 2 nitrogen and oxygen atoms in total. The highest BCUT2D eigenvalue weighted by molar-refractivity contribution is 7.00. The van der Waals surface area contributed by atoms with E-state index >= 15 is 0 Å². The van der Waals surface area contributed by atoms with E-state index in [-0.39, 0.29) is 5.41 Å². The van der Waals surface area contributed by atoms with Gasteiger partial charge in [-0.2, -0.15) is 8.75 Å². The van der Waals surface area contributed by atoms with Crippen molar-refractivity contribution in [3.63, 3.8) is 0 Å². The lowest BCUT2D eigenvalue weighted by molar-refractivity contribution is 0.590. The lowest BCUT2D eigenvalue weighted by atomic mass is 9.84. The number of fused-ring (bicyclic) bond motifs is 2. The van der Waals surface area contributed by atoms with Crippen molar-refractivity contribution in [3.05, 3.63) is 70.8 Å². The molecule has 4 aromatic rings. The van der Waals surface area contributed by atoms with Crippen LogP contribution in [0.5, 0.6) is 0 Å². The molecular formula is C30H36N2S. The molecule has 0 aliphatic heterocycles. The first-order chi connectivity index (χ1) is 15.8. The zero-order valence-corrected chi connectivity index (χ0v) is 21.9. The van der Waals surface area contributed by atoms with Gasteiger partial charge in [0.25, 0.3) is 0 Å². The molecule has 1 aliphatic carbocycles. The van der Waals surface area contributed by atoms with Crippen LogP contribution in [0.1, 0.15) is 83.1 Å². The van der Waals surface area contributed by atoms with Gasteiger partial charge < -0.3 is 0 Å². The van der Waals surface area contributed by atoms with Gasteiger partial charge in [-0.1, -0.05) is 97.0 Å². The number of benzene rings is 3. The Kier molecular flexibility index (Phi) is 6.72. The van der Waals surface area contributed by atoms with Crippen molar-refractivity contribution in [2.45, 2.75) is 79.1 Å². The highest BCUT2D eigenvalue weighted by atomic mass is 32.1.